The molecule has 6 rings (SSSR count). The number of halogens is 2. The summed E-state index contributed by atoms with van der Waals surface area (Å²) in [5, 5.41) is 27.6. The fourth-order valence-corrected chi connectivity index (χ4v) is 7.73. The van der Waals surface area contributed by atoms with Gasteiger partial charge < -0.3 is 21.1 Å². The van der Waals surface area contributed by atoms with E-state index < -0.39 is 35.3 Å². The second-order valence-electron chi connectivity index (χ2n) is 20.7. The van der Waals surface area contributed by atoms with Crippen LogP contribution in [0.15, 0.2) is 83.8 Å². The van der Waals surface area contributed by atoms with Gasteiger partial charge in [0.1, 0.15) is 11.6 Å². The van der Waals surface area contributed by atoms with Gasteiger partial charge >= 0.3 is 5.97 Å². The molecule has 0 radical (unpaired) electrons. The quantitative estimate of drug-likeness (QED) is 0.0649. The van der Waals surface area contributed by atoms with E-state index in [9.17, 15) is 38.3 Å². The van der Waals surface area contributed by atoms with Gasteiger partial charge in [0.25, 0.3) is 29.5 Å². The van der Waals surface area contributed by atoms with E-state index in [-0.39, 0.29) is 78.6 Å². The van der Waals surface area contributed by atoms with E-state index in [1.54, 1.807) is 42.1 Å². The number of nitrogens with one attached hydrogen (secondary N) is 5. The monoisotopic (exact) mass is 1020 g/mol. The Morgan fingerprint density at radius 3 is 1.32 bits per heavy atom. The van der Waals surface area contributed by atoms with Gasteiger partial charge in [-0.3, -0.25) is 34.6 Å². The Bertz CT molecular complexity index is 2990. The number of nitrogens with zero attached hydrogens (tertiary/aromatic N) is 2. The van der Waals surface area contributed by atoms with Crippen LogP contribution in [0.25, 0.3) is 22.3 Å². The van der Waals surface area contributed by atoms with Gasteiger partial charge in [-0.1, -0.05) is 74.4 Å². The first kappa shape index (κ1) is 55.7. The normalized spacial score (nSPS) is 11.9. The second-order valence-corrected chi connectivity index (χ2v) is 22.5. The molecular weight excluding hydrogens is 961 g/mol. The molecule has 0 fully saturated rings. The zero-order valence-electron chi connectivity index (χ0n) is 42.4. The second kappa shape index (κ2) is 22.9. The number of aromatic carboxylic acids is 1. The van der Waals surface area contributed by atoms with Gasteiger partial charge in [0.05, 0.1) is 5.56 Å². The number of aromatic nitrogens is 2. The minimum absolute atomic E-state index is 0.0960. The van der Waals surface area contributed by atoms with Crippen molar-refractivity contribution in [2.45, 2.75) is 89.1 Å². The molecule has 1 atom stereocenters. The lowest BCUT2D eigenvalue weighted by molar-refractivity contribution is 0.0695. The van der Waals surface area contributed by atoms with Crippen LogP contribution in [-0.4, -0.2) is 69.7 Å². The minimum atomic E-state index is -1.29. The van der Waals surface area contributed by atoms with Gasteiger partial charge in [-0.2, -0.15) is 0 Å². The number of hydrogen-bond donors (Lipinski definition) is 6. The Labute approximate surface area is 426 Å². The molecule has 2 aromatic heterocycles. The zero-order chi connectivity index (χ0) is 53.5. The Balaban J connectivity index is 0.000000271. The third kappa shape index (κ3) is 14.9. The van der Waals surface area contributed by atoms with Crippen molar-refractivity contribution < 1.29 is 42.7 Å². The van der Waals surface area contributed by atoms with Crippen LogP contribution >= 0.6 is 22.7 Å². The molecule has 2 heterocycles. The van der Waals surface area contributed by atoms with E-state index in [1.807, 2.05) is 69.2 Å². The molecule has 18 heteroatoms. The molecule has 0 spiro atoms. The number of carboxylic acids is 1. The number of anilines is 2. The molecule has 0 aliphatic carbocycles. The molecule has 4 aromatic carbocycles. The summed E-state index contributed by atoms with van der Waals surface area (Å²) in [5.41, 5.74) is 2.05. The van der Waals surface area contributed by atoms with Crippen LogP contribution in [0.2, 0.25) is 0 Å². The van der Waals surface area contributed by atoms with Gasteiger partial charge in [0.2, 0.25) is 0 Å². The van der Waals surface area contributed by atoms with E-state index in [1.165, 1.54) is 72.2 Å². The van der Waals surface area contributed by atoms with Crippen LogP contribution in [0, 0.1) is 41.7 Å². The molecule has 0 unspecified atom stereocenters. The first-order chi connectivity index (χ1) is 33.5. The van der Waals surface area contributed by atoms with E-state index >= 15 is 4.39 Å². The van der Waals surface area contributed by atoms with Crippen molar-refractivity contribution in [3.8, 4) is 22.3 Å². The van der Waals surface area contributed by atoms with Gasteiger partial charge in [-0.05, 0) is 119 Å². The van der Waals surface area contributed by atoms with Crippen molar-refractivity contribution in [2.24, 2.45) is 16.2 Å². The molecule has 6 N–H and O–H groups in total. The maximum atomic E-state index is 15.2. The van der Waals surface area contributed by atoms with E-state index in [0.717, 1.165) is 6.07 Å². The SMILES string of the molecule is Cc1c(F)cc(C(=O)N[C@H](C)C(C)(C)C)cc1-c1ccc(C(=O)NCC(C)(C)C)cc1C(=O)Nc1nccs1.Cc1c(F)cc(C(=O)O)cc1-c1ccc(C(=O)NCC(C)(C)C)cc1C(=O)Nc1nccs1. The molecule has 0 bridgehead atoms. The third-order valence-electron chi connectivity index (χ3n) is 11.3. The highest BCUT2D eigenvalue weighted by atomic mass is 32.1. The van der Waals surface area contributed by atoms with Crippen LogP contribution in [0.3, 0.4) is 0 Å². The first-order valence-corrected chi connectivity index (χ1v) is 24.7. The Hall–Kier alpha value is -7.18. The number of carbonyl (C=O) groups is 6. The van der Waals surface area contributed by atoms with E-state index in [2.05, 4.69) is 36.6 Å². The predicted molar refractivity (Wildman–Crippen MR) is 280 cm³/mol. The molecule has 0 saturated heterocycles. The largest absolute Gasteiger partial charge is 0.478 e. The van der Waals surface area contributed by atoms with Crippen molar-refractivity contribution in [3.05, 3.63) is 140 Å². The summed E-state index contributed by atoms with van der Waals surface area (Å²) in [7, 11) is 0. The summed E-state index contributed by atoms with van der Waals surface area (Å²) >= 11 is 2.47. The molecule has 6 aromatic rings. The van der Waals surface area contributed by atoms with Crippen molar-refractivity contribution in [3.63, 3.8) is 0 Å². The zero-order valence-corrected chi connectivity index (χ0v) is 44.1. The highest BCUT2D eigenvalue weighted by Gasteiger charge is 2.26. The van der Waals surface area contributed by atoms with Gasteiger partial charge in [0, 0.05) is 70.1 Å². The average Bonchev–Trinajstić information content (AvgIpc) is 4.03. The van der Waals surface area contributed by atoms with Gasteiger partial charge in [-0.15, -0.1) is 22.7 Å². The first-order valence-electron chi connectivity index (χ1n) is 22.9. The molecular formula is C54H61F2N7O7S2. The maximum absolute atomic E-state index is 15.2. The molecule has 0 aliphatic heterocycles. The Morgan fingerprint density at radius 1 is 0.556 bits per heavy atom. The van der Waals surface area contributed by atoms with Crippen LogP contribution in [0.5, 0.6) is 0 Å². The predicted octanol–water partition coefficient (Wildman–Crippen LogP) is 11.4. The Morgan fingerprint density at radius 2 is 0.958 bits per heavy atom. The number of carbonyl (C=O) groups excluding carboxylic acids is 5. The lowest BCUT2D eigenvalue weighted by Gasteiger charge is -2.28. The molecule has 0 aliphatic rings. The number of hydrogen-bond acceptors (Lipinski definition) is 10. The lowest BCUT2D eigenvalue weighted by atomic mass is 9.87. The van der Waals surface area contributed by atoms with Crippen molar-refractivity contribution in [1.82, 2.24) is 25.9 Å². The smallest absolute Gasteiger partial charge is 0.335 e. The van der Waals surface area contributed by atoms with Crippen molar-refractivity contribution in [1.29, 1.82) is 0 Å². The number of carboxylic acid groups (broad SMARTS) is 1. The maximum Gasteiger partial charge on any atom is 0.335 e. The molecule has 72 heavy (non-hydrogen) atoms. The van der Waals surface area contributed by atoms with Crippen LogP contribution in [-0.2, 0) is 0 Å². The fraction of sp³-hybridized carbons (Fsp3) is 0.333. The summed E-state index contributed by atoms with van der Waals surface area (Å²) in [5.74, 6) is -4.71. The molecule has 5 amide bonds. The Kier molecular flexibility index (Phi) is 17.7. The highest BCUT2D eigenvalue weighted by Crippen LogP contribution is 2.34. The minimum Gasteiger partial charge on any atom is -0.478 e. The summed E-state index contributed by atoms with van der Waals surface area (Å²) in [6, 6.07) is 14.0. The molecule has 14 nitrogen and oxygen atoms in total. The number of benzene rings is 4. The topological polar surface area (TPSA) is 209 Å². The van der Waals surface area contributed by atoms with Crippen LogP contribution in [0.4, 0.5) is 19.0 Å². The van der Waals surface area contributed by atoms with Crippen molar-refractivity contribution in [2.75, 3.05) is 23.7 Å². The summed E-state index contributed by atoms with van der Waals surface area (Å²) in [4.78, 5) is 84.8. The lowest BCUT2D eigenvalue weighted by Crippen LogP contribution is -2.41. The number of thiazole rings is 2. The van der Waals surface area contributed by atoms with Crippen LogP contribution < -0.4 is 26.6 Å². The highest BCUT2D eigenvalue weighted by molar-refractivity contribution is 7.14. The summed E-state index contributed by atoms with van der Waals surface area (Å²) in [6.07, 6.45) is 3.10. The number of amides is 5. The summed E-state index contributed by atoms with van der Waals surface area (Å²) < 4.78 is 29.7. The fourth-order valence-electron chi connectivity index (χ4n) is 6.68. The van der Waals surface area contributed by atoms with Crippen LogP contribution in [0.1, 0.15) is 143 Å². The third-order valence-corrected chi connectivity index (χ3v) is 12.7. The van der Waals surface area contributed by atoms with Gasteiger partial charge in [0.15, 0.2) is 10.3 Å². The molecule has 380 valence electrons. The summed E-state index contributed by atoms with van der Waals surface area (Å²) in [6.45, 7) is 23.9. The standard InChI is InChI=1S/C30H37FN4O3S.C24H24FN3O4S/c1-17-22(14-20(15-24(17)31)26(37)34-18(2)30(6,7)8)21-10-9-19(25(36)33-16-29(3,4)5)13-23(21)27(38)35-28-32-11-12-39-28;1-13-17(10-15(22(31)32)11-19(13)25)16-6-5-14(20(29)27-12-24(2,3)4)9-18(16)21(30)28-23-26-7-8-33-23/h9-15,18H,16H2,1-8H3,(H,33,36)(H,34,37)(H,32,35,38);5-11H,12H2,1-4H3,(H,27,29)(H,31,32)(H,26,28,30)/t18-;/m1./s1. The number of rotatable bonds is 13. The average molecular weight is 1020 g/mol. The van der Waals surface area contributed by atoms with E-state index in [4.69, 9.17) is 0 Å². The van der Waals surface area contributed by atoms with E-state index in [0.29, 0.717) is 45.6 Å². The van der Waals surface area contributed by atoms with Gasteiger partial charge in [-0.25, -0.2) is 23.5 Å². The van der Waals surface area contributed by atoms with Crippen molar-refractivity contribution >= 4 is 68.4 Å². The molecule has 0 saturated carbocycles.